The molecule has 1 N–H and O–H groups in total. The first-order chi connectivity index (χ1) is 11.3. The second-order valence-electron chi connectivity index (χ2n) is 6.10. The summed E-state index contributed by atoms with van der Waals surface area (Å²) >= 11 is 17.5. The molecule has 1 aromatic rings. The molecule has 3 atom stereocenters. The second-order valence-corrected chi connectivity index (χ2v) is 7.26. The normalized spacial score (nSPS) is 23.6. The van der Waals surface area contributed by atoms with Crippen LogP contribution in [0.5, 0.6) is 0 Å². The average molecular weight is 394 g/mol. The van der Waals surface area contributed by atoms with Crippen LogP contribution >= 0.6 is 34.8 Å². The monoisotopic (exact) mass is 392 g/mol. The molecule has 8 heteroatoms. The molecule has 1 aliphatic carbocycles. The van der Waals surface area contributed by atoms with Gasteiger partial charge in [-0.25, -0.2) is 9.78 Å². The van der Waals surface area contributed by atoms with Crippen molar-refractivity contribution in [1.29, 1.82) is 0 Å². The van der Waals surface area contributed by atoms with Gasteiger partial charge in [0.1, 0.15) is 0 Å². The first-order valence-electron chi connectivity index (χ1n) is 7.77. The number of nitrogens with zero attached hydrogens (tertiary/aromatic N) is 1. The van der Waals surface area contributed by atoms with E-state index >= 15 is 0 Å². The summed E-state index contributed by atoms with van der Waals surface area (Å²) in [5.41, 5.74) is -0.168. The summed E-state index contributed by atoms with van der Waals surface area (Å²) < 4.78 is 4.97. The quantitative estimate of drug-likeness (QED) is 0.781. The van der Waals surface area contributed by atoms with Crippen LogP contribution in [0.15, 0.2) is 6.20 Å². The Balaban J connectivity index is 1.90. The van der Waals surface area contributed by atoms with Crippen LogP contribution in [0.4, 0.5) is 0 Å². The van der Waals surface area contributed by atoms with E-state index in [1.54, 1.807) is 0 Å². The highest BCUT2D eigenvalue weighted by Crippen LogP contribution is 2.31. The zero-order chi connectivity index (χ0) is 17.9. The summed E-state index contributed by atoms with van der Waals surface area (Å²) in [6.45, 7) is 3.91. The number of esters is 1. The standard InChI is InChI=1S/C16H19Cl3N2O3/c1-8-4-3-5-11(9(8)2)21-12(22)7-24-16(23)15-14(19)13(18)10(17)6-20-15/h6,8-9,11H,3-5,7H2,1-2H3,(H,21,22)/t8-,9+,11-/m1/s1. The van der Waals surface area contributed by atoms with E-state index in [2.05, 4.69) is 24.1 Å². The lowest BCUT2D eigenvalue weighted by molar-refractivity contribution is -0.125. The molecule has 1 aliphatic rings. The van der Waals surface area contributed by atoms with Crippen molar-refractivity contribution in [3.8, 4) is 0 Å². The average Bonchev–Trinajstić information content (AvgIpc) is 2.55. The SMILES string of the molecule is C[C@H]1[C@H](C)CCC[C@H]1NC(=O)COC(=O)c1ncc(Cl)c(Cl)c1Cl. The maximum Gasteiger partial charge on any atom is 0.359 e. The molecule has 5 nitrogen and oxygen atoms in total. The van der Waals surface area contributed by atoms with Crippen LogP contribution in [-0.2, 0) is 9.53 Å². The molecule has 1 heterocycles. The summed E-state index contributed by atoms with van der Waals surface area (Å²) in [5, 5.41) is 2.99. The van der Waals surface area contributed by atoms with E-state index in [1.165, 1.54) is 12.6 Å². The summed E-state index contributed by atoms with van der Waals surface area (Å²) in [7, 11) is 0. The number of rotatable bonds is 4. The Hall–Kier alpha value is -1.04. The fourth-order valence-corrected chi connectivity index (χ4v) is 3.38. The number of nitrogens with one attached hydrogen (secondary N) is 1. The second kappa shape index (κ2) is 8.37. The number of carbonyl (C=O) groups is 2. The number of pyridine rings is 1. The van der Waals surface area contributed by atoms with Gasteiger partial charge in [-0.15, -0.1) is 0 Å². The number of ether oxygens (including phenoxy) is 1. The van der Waals surface area contributed by atoms with Crippen molar-refractivity contribution >= 4 is 46.7 Å². The van der Waals surface area contributed by atoms with Gasteiger partial charge < -0.3 is 10.1 Å². The maximum atomic E-state index is 12.0. The van der Waals surface area contributed by atoms with Crippen LogP contribution in [0, 0.1) is 11.8 Å². The molecule has 1 fully saturated rings. The smallest absolute Gasteiger partial charge is 0.359 e. The highest BCUT2D eigenvalue weighted by Gasteiger charge is 2.28. The van der Waals surface area contributed by atoms with Gasteiger partial charge in [0.05, 0.1) is 15.1 Å². The van der Waals surface area contributed by atoms with E-state index in [-0.39, 0.29) is 32.7 Å². The minimum atomic E-state index is -0.821. The molecule has 2 rings (SSSR count). The van der Waals surface area contributed by atoms with Crippen molar-refractivity contribution < 1.29 is 14.3 Å². The summed E-state index contributed by atoms with van der Waals surface area (Å²) in [6, 6.07) is 0.103. The van der Waals surface area contributed by atoms with E-state index in [9.17, 15) is 9.59 Å². The van der Waals surface area contributed by atoms with E-state index < -0.39 is 12.6 Å². The fourth-order valence-electron chi connectivity index (χ4n) is 2.82. The van der Waals surface area contributed by atoms with Gasteiger partial charge in [0.15, 0.2) is 12.3 Å². The Labute approximate surface area is 156 Å². The zero-order valence-corrected chi connectivity index (χ0v) is 15.7. The highest BCUT2D eigenvalue weighted by atomic mass is 35.5. The third-order valence-electron chi connectivity index (χ3n) is 4.50. The lowest BCUT2D eigenvalue weighted by Crippen LogP contribution is -2.45. The van der Waals surface area contributed by atoms with Gasteiger partial charge in [0.25, 0.3) is 5.91 Å². The Kier molecular flexibility index (Phi) is 6.72. The molecule has 24 heavy (non-hydrogen) atoms. The molecule has 0 radical (unpaired) electrons. The van der Waals surface area contributed by atoms with E-state index in [0.717, 1.165) is 12.8 Å². The summed E-state index contributed by atoms with van der Waals surface area (Å²) in [4.78, 5) is 27.8. The van der Waals surface area contributed by atoms with Crippen LogP contribution < -0.4 is 5.32 Å². The predicted octanol–water partition coefficient (Wildman–Crippen LogP) is 4.14. The first kappa shape index (κ1) is 19.3. The van der Waals surface area contributed by atoms with Crippen LogP contribution in [0.25, 0.3) is 0 Å². The Morgan fingerprint density at radius 3 is 2.67 bits per heavy atom. The molecule has 0 aliphatic heterocycles. The number of hydrogen-bond acceptors (Lipinski definition) is 4. The summed E-state index contributed by atoms with van der Waals surface area (Å²) in [6.07, 6.45) is 4.39. The van der Waals surface area contributed by atoms with E-state index in [0.29, 0.717) is 11.8 Å². The van der Waals surface area contributed by atoms with E-state index in [4.69, 9.17) is 39.5 Å². The third-order valence-corrected chi connectivity index (χ3v) is 5.74. The Bertz CT molecular complexity index is 639. The molecular weight excluding hydrogens is 375 g/mol. The lowest BCUT2D eigenvalue weighted by Gasteiger charge is -2.34. The topological polar surface area (TPSA) is 68.3 Å². The minimum Gasteiger partial charge on any atom is -0.451 e. The molecule has 0 spiro atoms. The molecule has 132 valence electrons. The Morgan fingerprint density at radius 1 is 1.25 bits per heavy atom. The fraction of sp³-hybridized carbons (Fsp3) is 0.562. The van der Waals surface area contributed by atoms with Crippen molar-refractivity contribution in [2.24, 2.45) is 11.8 Å². The largest absolute Gasteiger partial charge is 0.451 e. The van der Waals surface area contributed by atoms with Crippen molar-refractivity contribution in [2.75, 3.05) is 6.61 Å². The number of hydrogen-bond donors (Lipinski definition) is 1. The van der Waals surface area contributed by atoms with Crippen molar-refractivity contribution in [3.05, 3.63) is 27.0 Å². The first-order valence-corrected chi connectivity index (χ1v) is 8.90. The molecule has 1 aromatic heterocycles. The zero-order valence-electron chi connectivity index (χ0n) is 13.4. The third kappa shape index (κ3) is 4.52. The minimum absolute atomic E-state index is 0.0229. The van der Waals surface area contributed by atoms with Crippen LogP contribution in [-0.4, -0.2) is 29.5 Å². The van der Waals surface area contributed by atoms with Crippen molar-refractivity contribution in [3.63, 3.8) is 0 Å². The van der Waals surface area contributed by atoms with Gasteiger partial charge in [0, 0.05) is 12.2 Å². The van der Waals surface area contributed by atoms with Crippen molar-refractivity contribution in [1.82, 2.24) is 10.3 Å². The van der Waals surface area contributed by atoms with Gasteiger partial charge >= 0.3 is 5.97 Å². The lowest BCUT2D eigenvalue weighted by atomic mass is 9.78. The number of halogens is 3. The van der Waals surface area contributed by atoms with Crippen LogP contribution in [0.2, 0.25) is 15.1 Å². The molecule has 1 amide bonds. The molecule has 0 bridgehead atoms. The van der Waals surface area contributed by atoms with Gasteiger partial charge in [-0.1, -0.05) is 61.5 Å². The van der Waals surface area contributed by atoms with Gasteiger partial charge in [-0.2, -0.15) is 0 Å². The molecule has 0 saturated heterocycles. The number of aromatic nitrogens is 1. The molecular formula is C16H19Cl3N2O3. The van der Waals surface area contributed by atoms with Gasteiger partial charge in [0.2, 0.25) is 0 Å². The van der Waals surface area contributed by atoms with E-state index in [1.807, 2.05) is 0 Å². The number of amides is 1. The number of carbonyl (C=O) groups excluding carboxylic acids is 2. The Morgan fingerprint density at radius 2 is 1.96 bits per heavy atom. The highest BCUT2D eigenvalue weighted by molar-refractivity contribution is 6.48. The molecule has 1 saturated carbocycles. The molecule has 0 unspecified atom stereocenters. The maximum absolute atomic E-state index is 12.0. The van der Waals surface area contributed by atoms with Crippen LogP contribution in [0.1, 0.15) is 43.6 Å². The van der Waals surface area contributed by atoms with Gasteiger partial charge in [-0.3, -0.25) is 4.79 Å². The predicted molar refractivity (Wildman–Crippen MR) is 93.7 cm³/mol. The van der Waals surface area contributed by atoms with Gasteiger partial charge in [-0.05, 0) is 18.3 Å². The van der Waals surface area contributed by atoms with Crippen LogP contribution in [0.3, 0.4) is 0 Å². The molecule has 0 aromatic carbocycles. The summed E-state index contributed by atoms with van der Waals surface area (Å²) in [5.74, 6) is -0.209. The van der Waals surface area contributed by atoms with Crippen molar-refractivity contribution in [2.45, 2.75) is 39.2 Å².